The second-order valence-corrected chi connectivity index (χ2v) is 6.37. The van der Waals surface area contributed by atoms with E-state index in [2.05, 4.69) is 28.3 Å². The first-order chi connectivity index (χ1) is 11.0. The summed E-state index contributed by atoms with van der Waals surface area (Å²) >= 11 is 0. The number of benzene rings is 1. The number of carbonyl (C=O) groups excluding carboxylic acids is 1. The quantitative estimate of drug-likeness (QED) is 0.946. The van der Waals surface area contributed by atoms with E-state index in [4.69, 9.17) is 0 Å². The van der Waals surface area contributed by atoms with Crippen LogP contribution < -0.4 is 10.2 Å². The van der Waals surface area contributed by atoms with Gasteiger partial charge in [-0.05, 0) is 51.8 Å². The van der Waals surface area contributed by atoms with Crippen molar-refractivity contribution < 1.29 is 4.79 Å². The minimum Gasteiger partial charge on any atom is -0.352 e. The van der Waals surface area contributed by atoms with Crippen molar-refractivity contribution in [1.29, 1.82) is 0 Å². The first-order valence-electron chi connectivity index (χ1n) is 7.99. The van der Waals surface area contributed by atoms with Crippen molar-refractivity contribution in [3.63, 3.8) is 0 Å². The second-order valence-electron chi connectivity index (χ2n) is 6.37. The third-order valence-electron chi connectivity index (χ3n) is 3.92. The van der Waals surface area contributed by atoms with E-state index >= 15 is 0 Å². The van der Waals surface area contributed by atoms with E-state index < -0.39 is 0 Å². The first-order valence-corrected chi connectivity index (χ1v) is 7.99. The highest BCUT2D eigenvalue weighted by molar-refractivity contribution is 6.06. The Labute approximate surface area is 136 Å². The molecule has 3 rings (SSSR count). The molecule has 1 aliphatic rings. The molecule has 2 aromatic rings. The van der Waals surface area contributed by atoms with Crippen LogP contribution in [0.1, 0.15) is 42.5 Å². The Balaban J connectivity index is 1.96. The van der Waals surface area contributed by atoms with Crippen molar-refractivity contribution in [1.82, 2.24) is 9.97 Å². The molecule has 0 saturated carbocycles. The van der Waals surface area contributed by atoms with Crippen LogP contribution in [-0.2, 0) is 6.42 Å². The molecule has 1 aromatic heterocycles. The van der Waals surface area contributed by atoms with Crippen LogP contribution in [0.4, 0.5) is 11.6 Å². The summed E-state index contributed by atoms with van der Waals surface area (Å²) in [6, 6.07) is 10.2. The summed E-state index contributed by atoms with van der Waals surface area (Å²) in [5, 5.41) is 3.17. The van der Waals surface area contributed by atoms with Gasteiger partial charge >= 0.3 is 0 Å². The molecule has 120 valence electrons. The lowest BCUT2D eigenvalue weighted by Crippen LogP contribution is -2.36. The third kappa shape index (κ3) is 3.04. The summed E-state index contributed by atoms with van der Waals surface area (Å²) in [4.78, 5) is 23.6. The fourth-order valence-electron chi connectivity index (χ4n) is 3.00. The number of rotatable bonds is 3. The second kappa shape index (κ2) is 5.99. The summed E-state index contributed by atoms with van der Waals surface area (Å²) in [6.45, 7) is 7.99. The molecule has 1 atom stereocenters. The zero-order valence-electron chi connectivity index (χ0n) is 14.0. The van der Waals surface area contributed by atoms with Gasteiger partial charge in [0.1, 0.15) is 5.69 Å². The van der Waals surface area contributed by atoms with E-state index in [1.54, 1.807) is 6.07 Å². The summed E-state index contributed by atoms with van der Waals surface area (Å²) in [5.74, 6) is 0.434. The number of para-hydroxylation sites is 1. The van der Waals surface area contributed by atoms with Crippen molar-refractivity contribution >= 4 is 17.5 Å². The molecule has 0 fully saturated rings. The van der Waals surface area contributed by atoms with E-state index in [0.717, 1.165) is 17.8 Å². The highest BCUT2D eigenvalue weighted by atomic mass is 16.2. The number of amides is 1. The van der Waals surface area contributed by atoms with Gasteiger partial charge in [0.15, 0.2) is 0 Å². The van der Waals surface area contributed by atoms with Crippen molar-refractivity contribution in [3.8, 4) is 0 Å². The number of hydrogen-bond acceptors (Lipinski definition) is 4. The van der Waals surface area contributed by atoms with Crippen LogP contribution in [0.25, 0.3) is 0 Å². The zero-order chi connectivity index (χ0) is 16.6. The molecular formula is C18H22N4O. The Morgan fingerprint density at radius 2 is 2.04 bits per heavy atom. The van der Waals surface area contributed by atoms with Gasteiger partial charge in [-0.2, -0.15) is 0 Å². The zero-order valence-corrected chi connectivity index (χ0v) is 14.0. The molecule has 1 aromatic carbocycles. The Morgan fingerprint density at radius 1 is 1.30 bits per heavy atom. The molecule has 23 heavy (non-hydrogen) atoms. The van der Waals surface area contributed by atoms with Gasteiger partial charge in [-0.3, -0.25) is 4.79 Å². The van der Waals surface area contributed by atoms with Crippen molar-refractivity contribution in [3.05, 3.63) is 47.3 Å². The Bertz CT molecular complexity index is 742. The van der Waals surface area contributed by atoms with Gasteiger partial charge in [-0.1, -0.05) is 18.2 Å². The number of nitrogens with one attached hydrogen (secondary N) is 1. The average Bonchev–Trinajstić information content (AvgIpc) is 2.81. The predicted octanol–water partition coefficient (Wildman–Crippen LogP) is 3.20. The fourth-order valence-corrected chi connectivity index (χ4v) is 3.00. The third-order valence-corrected chi connectivity index (χ3v) is 3.92. The molecule has 1 amide bonds. The first kappa shape index (κ1) is 15.5. The molecule has 1 unspecified atom stereocenters. The standard InChI is InChI=1S/C18H22N4O/c1-11(2)19-18-20-12(3)9-15(21-18)17(23)22-13(4)10-14-7-5-6-8-16(14)22/h5-9,11,13H,10H2,1-4H3,(H,19,20,21). The van der Waals surface area contributed by atoms with Gasteiger partial charge in [0.05, 0.1) is 0 Å². The molecule has 5 nitrogen and oxygen atoms in total. The molecule has 0 aliphatic carbocycles. The van der Waals surface area contributed by atoms with Gasteiger partial charge in [0, 0.05) is 23.5 Å². The molecule has 1 N–H and O–H groups in total. The molecule has 1 aliphatic heterocycles. The van der Waals surface area contributed by atoms with E-state index in [9.17, 15) is 4.79 Å². The van der Waals surface area contributed by atoms with Crippen LogP contribution in [0.3, 0.4) is 0 Å². The normalized spacial score (nSPS) is 16.6. The number of anilines is 2. The SMILES string of the molecule is Cc1cc(C(=O)N2c3ccccc3CC2C)nc(NC(C)C)n1. The lowest BCUT2D eigenvalue weighted by Gasteiger charge is -2.22. The fraction of sp³-hybridized carbons (Fsp3) is 0.389. The van der Waals surface area contributed by atoms with Gasteiger partial charge in [0.2, 0.25) is 5.95 Å². The van der Waals surface area contributed by atoms with Gasteiger partial charge in [-0.25, -0.2) is 9.97 Å². The van der Waals surface area contributed by atoms with Crippen LogP contribution in [-0.4, -0.2) is 28.0 Å². The number of nitrogens with zero attached hydrogens (tertiary/aromatic N) is 3. The molecule has 0 saturated heterocycles. The maximum absolute atomic E-state index is 13.0. The maximum atomic E-state index is 13.0. The number of carbonyl (C=O) groups is 1. The van der Waals surface area contributed by atoms with Crippen molar-refractivity contribution in [2.75, 3.05) is 10.2 Å². The summed E-state index contributed by atoms with van der Waals surface area (Å²) in [7, 11) is 0. The highest BCUT2D eigenvalue weighted by Crippen LogP contribution is 2.32. The number of fused-ring (bicyclic) bond motifs is 1. The van der Waals surface area contributed by atoms with Crippen LogP contribution in [0.5, 0.6) is 0 Å². The van der Waals surface area contributed by atoms with Gasteiger partial charge in [0.25, 0.3) is 5.91 Å². The lowest BCUT2D eigenvalue weighted by atomic mass is 10.1. The van der Waals surface area contributed by atoms with Gasteiger partial charge in [-0.15, -0.1) is 0 Å². The number of aryl methyl sites for hydroxylation is 1. The summed E-state index contributed by atoms with van der Waals surface area (Å²) in [5.41, 5.74) is 3.41. The highest BCUT2D eigenvalue weighted by Gasteiger charge is 2.32. The Kier molecular flexibility index (Phi) is 4.03. The van der Waals surface area contributed by atoms with E-state index in [1.807, 2.05) is 43.9 Å². The monoisotopic (exact) mass is 310 g/mol. The van der Waals surface area contributed by atoms with Crippen LogP contribution >= 0.6 is 0 Å². The smallest absolute Gasteiger partial charge is 0.277 e. The molecule has 0 radical (unpaired) electrons. The minimum atomic E-state index is -0.0697. The predicted molar refractivity (Wildman–Crippen MR) is 91.9 cm³/mol. The molecule has 2 heterocycles. The summed E-state index contributed by atoms with van der Waals surface area (Å²) in [6.07, 6.45) is 0.878. The topological polar surface area (TPSA) is 58.1 Å². The van der Waals surface area contributed by atoms with Crippen LogP contribution in [0.15, 0.2) is 30.3 Å². The van der Waals surface area contributed by atoms with E-state index in [-0.39, 0.29) is 18.0 Å². The molecule has 0 bridgehead atoms. The largest absolute Gasteiger partial charge is 0.352 e. The molecular weight excluding hydrogens is 288 g/mol. The van der Waals surface area contributed by atoms with E-state index in [0.29, 0.717) is 11.6 Å². The van der Waals surface area contributed by atoms with Crippen LogP contribution in [0, 0.1) is 6.92 Å². The minimum absolute atomic E-state index is 0.0697. The molecule has 5 heteroatoms. The number of hydrogen-bond donors (Lipinski definition) is 1. The Morgan fingerprint density at radius 3 is 2.78 bits per heavy atom. The van der Waals surface area contributed by atoms with Crippen LogP contribution in [0.2, 0.25) is 0 Å². The van der Waals surface area contributed by atoms with Crippen molar-refractivity contribution in [2.24, 2.45) is 0 Å². The number of aromatic nitrogens is 2. The lowest BCUT2D eigenvalue weighted by molar-refractivity contribution is 0.0976. The Hall–Kier alpha value is -2.43. The summed E-state index contributed by atoms with van der Waals surface area (Å²) < 4.78 is 0. The van der Waals surface area contributed by atoms with Gasteiger partial charge < -0.3 is 10.2 Å². The van der Waals surface area contributed by atoms with E-state index in [1.165, 1.54) is 5.56 Å². The average molecular weight is 310 g/mol. The maximum Gasteiger partial charge on any atom is 0.277 e. The van der Waals surface area contributed by atoms with Crippen molar-refractivity contribution in [2.45, 2.75) is 46.2 Å². The molecule has 0 spiro atoms.